The lowest BCUT2D eigenvalue weighted by molar-refractivity contribution is -0.133. The van der Waals surface area contributed by atoms with Crippen LogP contribution in [0, 0.1) is 0 Å². The van der Waals surface area contributed by atoms with E-state index in [2.05, 4.69) is 37.6 Å². The van der Waals surface area contributed by atoms with Crippen LogP contribution in [0.4, 0.5) is 5.82 Å². The normalized spacial score (nSPS) is 19.6. The molecule has 0 aromatic carbocycles. The highest BCUT2D eigenvalue weighted by atomic mass is 16.5. The molecule has 1 fully saturated rings. The number of esters is 1. The number of carbonyl (C=O) groups is 1. The summed E-state index contributed by atoms with van der Waals surface area (Å²) in [5.74, 6) is 0.568. The Morgan fingerprint density at radius 1 is 1.18 bits per heavy atom. The molecule has 0 unspecified atom stereocenters. The maximum absolute atomic E-state index is 11.7. The fourth-order valence-electron chi connectivity index (χ4n) is 2.98. The molecule has 122 valence electrons. The molecule has 0 spiro atoms. The minimum absolute atomic E-state index is 0.270. The van der Waals surface area contributed by atoms with Crippen LogP contribution in [0.2, 0.25) is 0 Å². The Morgan fingerprint density at radius 2 is 1.77 bits per heavy atom. The van der Waals surface area contributed by atoms with Crippen LogP contribution < -0.4 is 9.64 Å². The molecule has 22 heavy (non-hydrogen) atoms. The Bertz CT molecular complexity index is 553. The summed E-state index contributed by atoms with van der Waals surface area (Å²) in [7, 11) is 2.83. The lowest BCUT2D eigenvalue weighted by Crippen LogP contribution is -2.57. The maximum atomic E-state index is 11.7. The van der Waals surface area contributed by atoms with Crippen molar-refractivity contribution in [1.82, 2.24) is 4.98 Å². The SMILES string of the molecule is COC(=O)c1ccc(N2CC(C)(C)OC(C)(C)C2)nc1OC. The molecule has 0 atom stereocenters. The highest BCUT2D eigenvalue weighted by Crippen LogP contribution is 2.32. The first-order chi connectivity index (χ1) is 10.2. The number of ether oxygens (including phenoxy) is 3. The van der Waals surface area contributed by atoms with Gasteiger partial charge in [-0.25, -0.2) is 4.79 Å². The topological polar surface area (TPSA) is 60.9 Å². The molecule has 0 saturated carbocycles. The summed E-state index contributed by atoms with van der Waals surface area (Å²) in [5, 5.41) is 0. The summed E-state index contributed by atoms with van der Waals surface area (Å²) in [6.07, 6.45) is 0. The molecular weight excluding hydrogens is 284 g/mol. The van der Waals surface area contributed by atoms with E-state index in [0.717, 1.165) is 5.82 Å². The van der Waals surface area contributed by atoms with Gasteiger partial charge in [-0.05, 0) is 39.8 Å². The molecule has 2 heterocycles. The third-order valence-electron chi connectivity index (χ3n) is 3.46. The summed E-state index contributed by atoms with van der Waals surface area (Å²) >= 11 is 0. The van der Waals surface area contributed by atoms with E-state index in [1.807, 2.05) is 6.07 Å². The fraction of sp³-hybridized carbons (Fsp3) is 0.625. The average molecular weight is 308 g/mol. The van der Waals surface area contributed by atoms with Crippen molar-refractivity contribution in [3.8, 4) is 5.88 Å². The second kappa shape index (κ2) is 5.76. The van der Waals surface area contributed by atoms with Crippen molar-refractivity contribution in [2.24, 2.45) is 0 Å². The number of carbonyl (C=O) groups excluding carboxylic acids is 1. The van der Waals surface area contributed by atoms with Gasteiger partial charge < -0.3 is 19.1 Å². The maximum Gasteiger partial charge on any atom is 0.343 e. The average Bonchev–Trinajstić information content (AvgIpc) is 2.42. The van der Waals surface area contributed by atoms with E-state index in [-0.39, 0.29) is 17.1 Å². The number of pyridine rings is 1. The Morgan fingerprint density at radius 3 is 2.27 bits per heavy atom. The summed E-state index contributed by atoms with van der Waals surface area (Å²) in [4.78, 5) is 18.3. The zero-order chi connectivity index (χ0) is 16.5. The summed E-state index contributed by atoms with van der Waals surface area (Å²) in [6, 6.07) is 3.49. The second-order valence-corrected chi connectivity index (χ2v) is 6.70. The summed E-state index contributed by atoms with van der Waals surface area (Å²) in [6.45, 7) is 9.65. The number of anilines is 1. The van der Waals surface area contributed by atoms with Crippen molar-refractivity contribution < 1.29 is 19.0 Å². The molecule has 6 nitrogen and oxygen atoms in total. The molecule has 2 rings (SSSR count). The van der Waals surface area contributed by atoms with Gasteiger partial charge in [0.1, 0.15) is 11.4 Å². The van der Waals surface area contributed by atoms with Crippen molar-refractivity contribution in [3.05, 3.63) is 17.7 Å². The smallest absolute Gasteiger partial charge is 0.343 e. The van der Waals surface area contributed by atoms with Crippen LogP contribution in [-0.2, 0) is 9.47 Å². The predicted molar refractivity (Wildman–Crippen MR) is 83.6 cm³/mol. The Hall–Kier alpha value is -1.82. The summed E-state index contributed by atoms with van der Waals surface area (Å²) < 4.78 is 16.0. The number of nitrogens with zero attached hydrogens (tertiary/aromatic N) is 2. The van der Waals surface area contributed by atoms with Crippen LogP contribution in [0.15, 0.2) is 12.1 Å². The van der Waals surface area contributed by atoms with Gasteiger partial charge in [0.15, 0.2) is 0 Å². The van der Waals surface area contributed by atoms with Crippen LogP contribution >= 0.6 is 0 Å². The predicted octanol–water partition coefficient (Wildman–Crippen LogP) is 2.27. The van der Waals surface area contributed by atoms with Crippen molar-refractivity contribution in [3.63, 3.8) is 0 Å². The molecule has 1 aliphatic heterocycles. The number of morpholine rings is 1. The van der Waals surface area contributed by atoms with E-state index in [4.69, 9.17) is 14.2 Å². The first-order valence-electron chi connectivity index (χ1n) is 7.26. The molecule has 6 heteroatoms. The zero-order valence-electron chi connectivity index (χ0n) is 14.1. The highest BCUT2D eigenvalue weighted by molar-refractivity contribution is 5.92. The van der Waals surface area contributed by atoms with E-state index in [0.29, 0.717) is 18.7 Å². The largest absolute Gasteiger partial charge is 0.480 e. The van der Waals surface area contributed by atoms with Crippen molar-refractivity contribution >= 4 is 11.8 Å². The van der Waals surface area contributed by atoms with Crippen LogP contribution in [0.3, 0.4) is 0 Å². The minimum Gasteiger partial charge on any atom is -0.480 e. The highest BCUT2D eigenvalue weighted by Gasteiger charge is 2.38. The van der Waals surface area contributed by atoms with Crippen LogP contribution in [0.1, 0.15) is 38.1 Å². The van der Waals surface area contributed by atoms with Crippen molar-refractivity contribution in [2.45, 2.75) is 38.9 Å². The van der Waals surface area contributed by atoms with E-state index in [1.165, 1.54) is 14.2 Å². The van der Waals surface area contributed by atoms with E-state index in [1.54, 1.807) is 6.07 Å². The quantitative estimate of drug-likeness (QED) is 0.798. The van der Waals surface area contributed by atoms with Gasteiger partial charge >= 0.3 is 5.97 Å². The lowest BCUT2D eigenvalue weighted by Gasteiger charge is -2.47. The zero-order valence-corrected chi connectivity index (χ0v) is 14.1. The Balaban J connectivity index is 2.34. The van der Waals surface area contributed by atoms with Gasteiger partial charge in [-0.2, -0.15) is 4.98 Å². The third kappa shape index (κ3) is 3.50. The molecule has 0 amide bonds. The van der Waals surface area contributed by atoms with Gasteiger partial charge in [-0.1, -0.05) is 0 Å². The van der Waals surface area contributed by atoms with Gasteiger partial charge in [0, 0.05) is 13.1 Å². The lowest BCUT2D eigenvalue weighted by atomic mass is 9.99. The van der Waals surface area contributed by atoms with E-state index >= 15 is 0 Å². The minimum atomic E-state index is -0.460. The molecule has 1 aromatic heterocycles. The van der Waals surface area contributed by atoms with Crippen LogP contribution in [0.25, 0.3) is 0 Å². The molecule has 0 N–H and O–H groups in total. The van der Waals surface area contributed by atoms with Gasteiger partial charge in [0.2, 0.25) is 5.88 Å². The number of rotatable bonds is 3. The van der Waals surface area contributed by atoms with Gasteiger partial charge in [-0.3, -0.25) is 0 Å². The first kappa shape index (κ1) is 16.5. The fourth-order valence-corrected chi connectivity index (χ4v) is 2.98. The van der Waals surface area contributed by atoms with Gasteiger partial charge in [0.05, 0.1) is 25.4 Å². The van der Waals surface area contributed by atoms with Crippen LogP contribution in [-0.4, -0.2) is 49.5 Å². The van der Waals surface area contributed by atoms with Gasteiger partial charge in [0.25, 0.3) is 0 Å². The molecule has 1 saturated heterocycles. The number of methoxy groups -OCH3 is 2. The number of aromatic nitrogens is 1. The molecule has 1 aliphatic rings. The first-order valence-corrected chi connectivity index (χ1v) is 7.26. The monoisotopic (exact) mass is 308 g/mol. The molecule has 0 bridgehead atoms. The van der Waals surface area contributed by atoms with E-state index in [9.17, 15) is 4.79 Å². The molecule has 0 radical (unpaired) electrons. The third-order valence-corrected chi connectivity index (χ3v) is 3.46. The van der Waals surface area contributed by atoms with Crippen molar-refractivity contribution in [2.75, 3.05) is 32.2 Å². The Labute approximate surface area is 131 Å². The van der Waals surface area contributed by atoms with Gasteiger partial charge in [-0.15, -0.1) is 0 Å². The molecular formula is C16H24N2O4. The molecule has 1 aromatic rings. The Kier molecular flexibility index (Phi) is 4.33. The molecule has 0 aliphatic carbocycles. The number of hydrogen-bond donors (Lipinski definition) is 0. The standard InChI is InChI=1S/C16H24N2O4/c1-15(2)9-18(10-16(3,4)22-15)12-8-7-11(14(19)21-6)13(17-12)20-5/h7-8H,9-10H2,1-6H3. The second-order valence-electron chi connectivity index (χ2n) is 6.70. The number of hydrogen-bond acceptors (Lipinski definition) is 6. The summed E-state index contributed by atoms with van der Waals surface area (Å²) in [5.41, 5.74) is -0.240. The van der Waals surface area contributed by atoms with Crippen molar-refractivity contribution in [1.29, 1.82) is 0 Å². The van der Waals surface area contributed by atoms with E-state index < -0.39 is 5.97 Å². The van der Waals surface area contributed by atoms with Crippen LogP contribution in [0.5, 0.6) is 5.88 Å².